The molecule has 7 heteroatoms. The highest BCUT2D eigenvalue weighted by molar-refractivity contribution is 5.98. The molecule has 1 unspecified atom stereocenters. The summed E-state index contributed by atoms with van der Waals surface area (Å²) in [7, 11) is 1.96. The second kappa shape index (κ2) is 5.54. The molecule has 1 aromatic rings. The van der Waals surface area contributed by atoms with Gasteiger partial charge < -0.3 is 9.80 Å². The number of nitrogens with zero attached hydrogens (tertiary/aromatic N) is 3. The molecule has 1 saturated heterocycles. The van der Waals surface area contributed by atoms with E-state index in [4.69, 9.17) is 0 Å². The molecular weight excluding hydrogens is 265 g/mol. The van der Waals surface area contributed by atoms with Crippen molar-refractivity contribution in [2.45, 2.75) is 13.0 Å². The van der Waals surface area contributed by atoms with Crippen molar-refractivity contribution in [2.75, 3.05) is 26.7 Å². The van der Waals surface area contributed by atoms with Crippen LogP contribution in [0.15, 0.2) is 18.2 Å². The van der Waals surface area contributed by atoms with Crippen molar-refractivity contribution in [3.63, 3.8) is 0 Å². The lowest BCUT2D eigenvalue weighted by Crippen LogP contribution is -2.52. The van der Waals surface area contributed by atoms with Crippen LogP contribution in [0.1, 0.15) is 17.3 Å². The molecule has 108 valence electrons. The monoisotopic (exact) mass is 281 g/mol. The van der Waals surface area contributed by atoms with Gasteiger partial charge >= 0.3 is 0 Å². The maximum absolute atomic E-state index is 13.3. The first kappa shape index (κ1) is 14.4. The van der Waals surface area contributed by atoms with Gasteiger partial charge in [-0.25, -0.2) is 4.39 Å². The number of carbonyl (C=O) groups is 1. The minimum atomic E-state index is -0.661. The Morgan fingerprint density at radius 1 is 1.45 bits per heavy atom. The molecule has 2 rings (SSSR count). The molecule has 1 aliphatic rings. The first-order chi connectivity index (χ1) is 9.40. The minimum Gasteiger partial charge on any atom is -0.336 e. The number of halogens is 1. The van der Waals surface area contributed by atoms with Crippen LogP contribution in [0, 0.1) is 15.9 Å². The van der Waals surface area contributed by atoms with Crippen LogP contribution in [0.25, 0.3) is 0 Å². The predicted molar refractivity (Wildman–Crippen MR) is 71.0 cm³/mol. The van der Waals surface area contributed by atoms with Gasteiger partial charge in [0.05, 0.1) is 4.92 Å². The molecule has 1 heterocycles. The first-order valence-electron chi connectivity index (χ1n) is 6.33. The number of likely N-dealkylation sites (N-methyl/N-ethyl adjacent to an activating group) is 1. The summed E-state index contributed by atoms with van der Waals surface area (Å²) < 4.78 is 13.3. The Kier molecular flexibility index (Phi) is 3.99. The molecule has 1 amide bonds. The minimum absolute atomic E-state index is 0.167. The Labute approximate surface area is 115 Å². The normalized spacial score (nSPS) is 19.9. The van der Waals surface area contributed by atoms with E-state index in [1.54, 1.807) is 0 Å². The number of hydrogen-bond acceptors (Lipinski definition) is 4. The predicted octanol–water partition coefficient (Wildman–Crippen LogP) is 1.51. The molecule has 0 aliphatic carbocycles. The SMILES string of the molecule is CC1CN(C(=O)c2cc(F)ccc2[N+](=O)[O-])CCN1C. The highest BCUT2D eigenvalue weighted by Gasteiger charge is 2.29. The molecule has 0 spiro atoms. The number of piperazine rings is 1. The molecule has 0 aromatic heterocycles. The van der Waals surface area contributed by atoms with E-state index in [0.29, 0.717) is 19.6 Å². The molecule has 6 nitrogen and oxygen atoms in total. The molecule has 0 N–H and O–H groups in total. The van der Waals surface area contributed by atoms with Crippen LogP contribution in [0.4, 0.5) is 10.1 Å². The van der Waals surface area contributed by atoms with Crippen molar-refractivity contribution in [2.24, 2.45) is 0 Å². The maximum atomic E-state index is 13.3. The summed E-state index contributed by atoms with van der Waals surface area (Å²) in [6.45, 7) is 3.62. The highest BCUT2D eigenvalue weighted by Crippen LogP contribution is 2.22. The third-order valence-electron chi connectivity index (χ3n) is 3.63. The lowest BCUT2D eigenvalue weighted by atomic mass is 10.1. The smallest absolute Gasteiger partial charge is 0.282 e. The fourth-order valence-corrected chi connectivity index (χ4v) is 2.24. The summed E-state index contributed by atoms with van der Waals surface area (Å²) in [5.74, 6) is -1.14. The number of rotatable bonds is 2. The fourth-order valence-electron chi connectivity index (χ4n) is 2.24. The Bertz CT molecular complexity index is 550. The second-order valence-corrected chi connectivity index (χ2v) is 5.00. The Hall–Kier alpha value is -2.02. The van der Waals surface area contributed by atoms with E-state index in [0.717, 1.165) is 18.2 Å². The first-order valence-corrected chi connectivity index (χ1v) is 6.33. The van der Waals surface area contributed by atoms with Crippen molar-refractivity contribution in [3.05, 3.63) is 39.7 Å². The second-order valence-electron chi connectivity index (χ2n) is 5.00. The zero-order valence-electron chi connectivity index (χ0n) is 11.4. The molecule has 20 heavy (non-hydrogen) atoms. The van der Waals surface area contributed by atoms with Crippen molar-refractivity contribution in [1.29, 1.82) is 0 Å². The van der Waals surface area contributed by atoms with Crippen LogP contribution in [0.2, 0.25) is 0 Å². The lowest BCUT2D eigenvalue weighted by Gasteiger charge is -2.37. The summed E-state index contributed by atoms with van der Waals surface area (Å²) in [4.78, 5) is 26.3. The largest absolute Gasteiger partial charge is 0.336 e. The topological polar surface area (TPSA) is 66.7 Å². The molecule has 0 saturated carbocycles. The number of benzene rings is 1. The summed E-state index contributed by atoms with van der Waals surface area (Å²) in [6, 6.07) is 3.12. The number of nitro benzene ring substituents is 1. The molecule has 0 radical (unpaired) electrons. The molecule has 1 aliphatic heterocycles. The third kappa shape index (κ3) is 2.77. The molecule has 1 atom stereocenters. The number of nitro groups is 1. The van der Waals surface area contributed by atoms with E-state index in [1.165, 1.54) is 4.90 Å². The molecule has 1 fully saturated rings. The van der Waals surface area contributed by atoms with E-state index in [2.05, 4.69) is 4.90 Å². The number of amides is 1. The Balaban J connectivity index is 2.29. The van der Waals surface area contributed by atoms with Crippen molar-refractivity contribution in [3.8, 4) is 0 Å². The van der Waals surface area contributed by atoms with Gasteiger partial charge in [0, 0.05) is 31.7 Å². The average Bonchev–Trinajstić information content (AvgIpc) is 2.40. The van der Waals surface area contributed by atoms with Gasteiger partial charge in [0.2, 0.25) is 0 Å². The van der Waals surface area contributed by atoms with Crippen LogP contribution in [-0.4, -0.2) is 53.4 Å². The van der Waals surface area contributed by atoms with Crippen LogP contribution < -0.4 is 0 Å². The van der Waals surface area contributed by atoms with Gasteiger partial charge in [0.25, 0.3) is 11.6 Å². The van der Waals surface area contributed by atoms with Gasteiger partial charge in [-0.05, 0) is 26.1 Å². The fraction of sp³-hybridized carbons (Fsp3) is 0.462. The van der Waals surface area contributed by atoms with Gasteiger partial charge in [-0.1, -0.05) is 0 Å². The zero-order chi connectivity index (χ0) is 14.9. The summed E-state index contributed by atoms with van der Waals surface area (Å²) >= 11 is 0. The maximum Gasteiger partial charge on any atom is 0.282 e. The van der Waals surface area contributed by atoms with E-state index >= 15 is 0 Å². The van der Waals surface area contributed by atoms with Gasteiger partial charge in [0.15, 0.2) is 0 Å². The Morgan fingerprint density at radius 2 is 2.15 bits per heavy atom. The molecule has 1 aromatic carbocycles. The average molecular weight is 281 g/mol. The molecule has 0 bridgehead atoms. The number of carbonyl (C=O) groups excluding carboxylic acids is 1. The van der Waals surface area contributed by atoms with Crippen LogP contribution in [0.5, 0.6) is 0 Å². The van der Waals surface area contributed by atoms with Gasteiger partial charge in [-0.2, -0.15) is 0 Å². The summed E-state index contributed by atoms with van der Waals surface area (Å²) in [5.41, 5.74) is -0.547. The van der Waals surface area contributed by atoms with E-state index in [1.807, 2.05) is 14.0 Å². The van der Waals surface area contributed by atoms with Crippen molar-refractivity contribution >= 4 is 11.6 Å². The van der Waals surface area contributed by atoms with Crippen molar-refractivity contribution in [1.82, 2.24) is 9.80 Å². The Morgan fingerprint density at radius 3 is 2.75 bits per heavy atom. The van der Waals surface area contributed by atoms with Crippen molar-refractivity contribution < 1.29 is 14.1 Å². The van der Waals surface area contributed by atoms with Crippen LogP contribution >= 0.6 is 0 Å². The summed E-state index contributed by atoms with van der Waals surface area (Å²) in [5, 5.41) is 10.9. The van der Waals surface area contributed by atoms with Gasteiger partial charge in [-0.15, -0.1) is 0 Å². The molecular formula is C13H16FN3O3. The van der Waals surface area contributed by atoms with Gasteiger partial charge in [0.1, 0.15) is 11.4 Å². The number of hydrogen-bond donors (Lipinski definition) is 0. The van der Waals surface area contributed by atoms with Crippen LogP contribution in [-0.2, 0) is 0 Å². The van der Waals surface area contributed by atoms with E-state index in [-0.39, 0.29) is 17.3 Å². The third-order valence-corrected chi connectivity index (χ3v) is 3.63. The van der Waals surface area contributed by atoms with E-state index in [9.17, 15) is 19.3 Å². The zero-order valence-corrected chi connectivity index (χ0v) is 11.4. The van der Waals surface area contributed by atoms with Gasteiger partial charge in [-0.3, -0.25) is 14.9 Å². The summed E-state index contributed by atoms with van der Waals surface area (Å²) in [6.07, 6.45) is 0. The van der Waals surface area contributed by atoms with Crippen LogP contribution in [0.3, 0.4) is 0 Å². The standard InChI is InChI=1S/C13H16FN3O3/c1-9-8-16(6-5-15(9)2)13(18)11-7-10(14)3-4-12(11)17(19)20/h3-4,7,9H,5-6,8H2,1-2H3. The lowest BCUT2D eigenvalue weighted by molar-refractivity contribution is -0.385. The van der Waals surface area contributed by atoms with E-state index < -0.39 is 16.6 Å². The highest BCUT2D eigenvalue weighted by atomic mass is 19.1. The quantitative estimate of drug-likeness (QED) is 0.609.